The molecule has 0 radical (unpaired) electrons. The van der Waals surface area contributed by atoms with Crippen LogP contribution in [-0.4, -0.2) is 24.1 Å². The van der Waals surface area contributed by atoms with Gasteiger partial charge < -0.3 is 10.4 Å². The Balaban J connectivity index is 2.74. The molecule has 3 nitrogen and oxygen atoms in total. The highest BCUT2D eigenvalue weighted by molar-refractivity contribution is 5.73. The van der Waals surface area contributed by atoms with Gasteiger partial charge in [0, 0.05) is 7.79 Å². The van der Waals surface area contributed by atoms with Crippen molar-refractivity contribution in [3.8, 4) is 0 Å². The summed E-state index contributed by atoms with van der Waals surface area (Å²) in [5, 5.41) is 11.2. The molecule has 2 N–H and O–H groups in total. The molecule has 14 heavy (non-hydrogen) atoms. The molecule has 1 aromatic carbocycles. The van der Waals surface area contributed by atoms with Crippen LogP contribution in [0, 0.1) is 5.82 Å². The third-order valence-electron chi connectivity index (χ3n) is 1.93. The molecule has 0 saturated heterocycles. The standard InChI is InChI=1S/C10H12FNO2/c1-12-9(10(13)14)6-7-4-2-3-5-8(7)11/h2-5,9,12H,6H2,1H3,(H,13,14)/t9-/m0/s1/i1D. The van der Waals surface area contributed by atoms with Gasteiger partial charge in [-0.2, -0.15) is 0 Å². The lowest BCUT2D eigenvalue weighted by Crippen LogP contribution is -2.35. The fourth-order valence-corrected chi connectivity index (χ4v) is 1.13. The molecule has 0 amide bonds. The van der Waals surface area contributed by atoms with Gasteiger partial charge in [-0.3, -0.25) is 4.79 Å². The molecule has 0 aliphatic rings. The van der Waals surface area contributed by atoms with E-state index in [2.05, 4.69) is 5.32 Å². The molecule has 0 bridgehead atoms. The minimum absolute atomic E-state index is 0.0425. The minimum Gasteiger partial charge on any atom is -0.480 e. The number of carboxylic acid groups (broad SMARTS) is 1. The van der Waals surface area contributed by atoms with Crippen LogP contribution in [0.15, 0.2) is 24.3 Å². The van der Waals surface area contributed by atoms with Crippen molar-refractivity contribution in [2.24, 2.45) is 0 Å². The Labute approximate surface area is 83.0 Å². The van der Waals surface area contributed by atoms with E-state index in [4.69, 9.17) is 6.48 Å². The van der Waals surface area contributed by atoms with Crippen LogP contribution in [0.2, 0.25) is 0 Å². The summed E-state index contributed by atoms with van der Waals surface area (Å²) in [6, 6.07) is 5.11. The Hall–Kier alpha value is -1.42. The monoisotopic (exact) mass is 198 g/mol. The summed E-state index contributed by atoms with van der Waals surface area (Å²) in [6.45, 7) is 0. The quantitative estimate of drug-likeness (QED) is 0.760. The van der Waals surface area contributed by atoms with Gasteiger partial charge in [0.1, 0.15) is 11.9 Å². The van der Waals surface area contributed by atoms with Crippen molar-refractivity contribution in [2.45, 2.75) is 12.5 Å². The summed E-state index contributed by atoms with van der Waals surface area (Å²) in [6.07, 6.45) is 0.0425. The SMILES string of the molecule is [2H]CN[C@@H](Cc1ccccc1F)C(=O)O. The van der Waals surface area contributed by atoms with Crippen molar-refractivity contribution in [3.63, 3.8) is 0 Å². The number of hydrogen-bond acceptors (Lipinski definition) is 2. The highest BCUT2D eigenvalue weighted by Gasteiger charge is 2.16. The summed E-state index contributed by atoms with van der Waals surface area (Å²) in [5.41, 5.74) is 0.339. The number of halogens is 1. The number of aliphatic carboxylic acids is 1. The van der Waals surface area contributed by atoms with Gasteiger partial charge in [-0.25, -0.2) is 4.39 Å². The lowest BCUT2D eigenvalue weighted by molar-refractivity contribution is -0.139. The first-order chi connectivity index (χ1) is 7.15. The van der Waals surface area contributed by atoms with E-state index in [0.717, 1.165) is 0 Å². The summed E-state index contributed by atoms with van der Waals surface area (Å²) < 4.78 is 20.1. The third kappa shape index (κ3) is 2.53. The summed E-state index contributed by atoms with van der Waals surface area (Å²) in [7, 11) is -0.203. The van der Waals surface area contributed by atoms with Crippen LogP contribution in [0.4, 0.5) is 4.39 Å². The van der Waals surface area contributed by atoms with Gasteiger partial charge >= 0.3 is 5.97 Å². The molecule has 4 heteroatoms. The minimum atomic E-state index is -1.08. The molecule has 0 fully saturated rings. The lowest BCUT2D eigenvalue weighted by Gasteiger charge is -2.11. The number of likely N-dealkylation sites (N-methyl/N-ethyl adjacent to an activating group) is 1. The van der Waals surface area contributed by atoms with Crippen LogP contribution in [-0.2, 0) is 11.2 Å². The van der Waals surface area contributed by atoms with Crippen molar-refractivity contribution in [1.29, 1.82) is 0 Å². The summed E-state index contributed by atoms with van der Waals surface area (Å²) in [5.74, 6) is -1.50. The molecule has 1 rings (SSSR count). The topological polar surface area (TPSA) is 49.3 Å². The van der Waals surface area contributed by atoms with E-state index in [0.29, 0.717) is 5.56 Å². The van der Waals surface area contributed by atoms with Gasteiger partial charge in [0.25, 0.3) is 0 Å². The molecular formula is C10H12FNO2. The molecule has 0 aliphatic heterocycles. The van der Waals surface area contributed by atoms with E-state index in [-0.39, 0.29) is 13.4 Å². The normalized spacial score (nSPS) is 13.4. The Morgan fingerprint density at radius 3 is 3.00 bits per heavy atom. The highest BCUT2D eigenvalue weighted by Crippen LogP contribution is 2.08. The number of nitrogens with one attached hydrogen (secondary N) is 1. The molecule has 0 saturated carbocycles. The van der Waals surface area contributed by atoms with Crippen molar-refractivity contribution in [3.05, 3.63) is 35.6 Å². The zero-order valence-electron chi connectivity index (χ0n) is 8.53. The number of hydrogen-bond donors (Lipinski definition) is 2. The predicted octanol–water partition coefficient (Wildman–Crippen LogP) is 1.04. The number of benzene rings is 1. The molecule has 1 atom stereocenters. The van der Waals surface area contributed by atoms with Crippen molar-refractivity contribution in [1.82, 2.24) is 5.32 Å². The lowest BCUT2D eigenvalue weighted by atomic mass is 10.1. The molecule has 0 aliphatic carbocycles. The maximum atomic E-state index is 13.2. The second kappa shape index (κ2) is 4.72. The van der Waals surface area contributed by atoms with Gasteiger partial charge in [-0.15, -0.1) is 0 Å². The van der Waals surface area contributed by atoms with Crippen molar-refractivity contribution < 1.29 is 15.7 Å². The fraction of sp³-hybridized carbons (Fsp3) is 0.300. The molecule has 0 unspecified atom stereocenters. The highest BCUT2D eigenvalue weighted by atomic mass is 19.1. The first-order valence-corrected chi connectivity index (χ1v) is 4.14. The van der Waals surface area contributed by atoms with E-state index < -0.39 is 17.8 Å². The van der Waals surface area contributed by atoms with Gasteiger partial charge in [0.15, 0.2) is 0 Å². The zero-order valence-corrected chi connectivity index (χ0v) is 7.53. The fourth-order valence-electron chi connectivity index (χ4n) is 1.13. The van der Waals surface area contributed by atoms with Gasteiger partial charge in [0.2, 0.25) is 0 Å². The van der Waals surface area contributed by atoms with E-state index in [9.17, 15) is 9.18 Å². The first-order valence-electron chi connectivity index (χ1n) is 4.84. The summed E-state index contributed by atoms with van der Waals surface area (Å²) in [4.78, 5) is 10.7. The average Bonchev–Trinajstić information content (AvgIpc) is 2.20. The Kier molecular flexibility index (Phi) is 3.08. The van der Waals surface area contributed by atoms with Crippen LogP contribution >= 0.6 is 0 Å². The van der Waals surface area contributed by atoms with E-state index >= 15 is 0 Å². The van der Waals surface area contributed by atoms with Gasteiger partial charge in [-0.1, -0.05) is 18.2 Å². The maximum absolute atomic E-state index is 13.2. The van der Waals surface area contributed by atoms with Crippen molar-refractivity contribution in [2.75, 3.05) is 7.02 Å². The Bertz CT molecular complexity index is 346. The second-order valence-corrected chi connectivity index (χ2v) is 2.89. The van der Waals surface area contributed by atoms with Crippen LogP contribution in [0.25, 0.3) is 0 Å². The molecular weight excluding hydrogens is 185 g/mol. The van der Waals surface area contributed by atoms with Crippen LogP contribution in [0.3, 0.4) is 0 Å². The number of carboxylic acids is 1. The smallest absolute Gasteiger partial charge is 0.321 e. The van der Waals surface area contributed by atoms with E-state index in [1.807, 2.05) is 0 Å². The zero-order chi connectivity index (χ0) is 11.3. The predicted molar refractivity (Wildman–Crippen MR) is 50.6 cm³/mol. The Morgan fingerprint density at radius 1 is 1.71 bits per heavy atom. The number of rotatable bonds is 4. The average molecular weight is 198 g/mol. The molecule has 1 aromatic rings. The molecule has 0 aromatic heterocycles. The maximum Gasteiger partial charge on any atom is 0.321 e. The summed E-state index contributed by atoms with van der Waals surface area (Å²) >= 11 is 0. The van der Waals surface area contributed by atoms with Crippen LogP contribution < -0.4 is 5.32 Å². The first kappa shape index (κ1) is 9.15. The molecule has 0 spiro atoms. The largest absolute Gasteiger partial charge is 0.480 e. The van der Waals surface area contributed by atoms with Crippen LogP contribution in [0.1, 0.15) is 6.93 Å². The molecule has 0 heterocycles. The Morgan fingerprint density at radius 2 is 2.43 bits per heavy atom. The van der Waals surface area contributed by atoms with E-state index in [1.54, 1.807) is 12.1 Å². The van der Waals surface area contributed by atoms with Gasteiger partial charge in [0.05, 0.1) is 0 Å². The third-order valence-corrected chi connectivity index (χ3v) is 1.93. The van der Waals surface area contributed by atoms with E-state index in [1.165, 1.54) is 12.1 Å². The number of carbonyl (C=O) groups is 1. The van der Waals surface area contributed by atoms with Crippen molar-refractivity contribution >= 4 is 5.97 Å². The second-order valence-electron chi connectivity index (χ2n) is 2.89. The van der Waals surface area contributed by atoms with Gasteiger partial charge in [-0.05, 0) is 18.7 Å². The molecule has 76 valence electrons. The van der Waals surface area contributed by atoms with Crippen LogP contribution in [0.5, 0.6) is 0 Å².